The molecule has 0 unspecified atom stereocenters. The molecule has 1 rings (SSSR count). The average molecular weight is 303 g/mol. The Labute approximate surface area is 118 Å². The molecular formula is C11H17N3O3S2. The summed E-state index contributed by atoms with van der Waals surface area (Å²) in [6.07, 6.45) is 1.42. The Hall–Kier alpha value is -1.09. The number of aliphatic hydroxyl groups is 1. The molecule has 1 aromatic heterocycles. The van der Waals surface area contributed by atoms with E-state index in [2.05, 4.69) is 4.98 Å². The lowest BCUT2D eigenvalue weighted by Crippen LogP contribution is -2.47. The van der Waals surface area contributed by atoms with Crippen LogP contribution in [0.5, 0.6) is 0 Å². The fourth-order valence-electron chi connectivity index (χ4n) is 1.36. The highest BCUT2D eigenvalue weighted by molar-refractivity contribution is 7.89. The van der Waals surface area contributed by atoms with Gasteiger partial charge in [0.1, 0.15) is 15.6 Å². The summed E-state index contributed by atoms with van der Waals surface area (Å²) in [6, 6.07) is 2.88. The third kappa shape index (κ3) is 3.08. The first-order valence-electron chi connectivity index (χ1n) is 5.49. The Kier molecular flexibility index (Phi) is 4.62. The number of pyridine rings is 1. The van der Waals surface area contributed by atoms with Crippen LogP contribution in [0.2, 0.25) is 0 Å². The standard InChI is InChI=1S/C11H17N3O3S2/c1-11(2,7-15)14(3)19(16,17)8-5-4-6-13-9(8)10(12)18/h4-6,15H,7H2,1-3H3,(H2,12,18). The van der Waals surface area contributed by atoms with E-state index in [1.54, 1.807) is 13.8 Å². The van der Waals surface area contributed by atoms with Crippen molar-refractivity contribution in [2.24, 2.45) is 5.73 Å². The third-order valence-electron chi connectivity index (χ3n) is 2.88. The van der Waals surface area contributed by atoms with Gasteiger partial charge < -0.3 is 10.8 Å². The van der Waals surface area contributed by atoms with Crippen LogP contribution in [0.15, 0.2) is 23.2 Å². The van der Waals surface area contributed by atoms with Gasteiger partial charge in [0, 0.05) is 13.2 Å². The second-order valence-corrected chi connectivity index (χ2v) is 7.03. The molecule has 0 aromatic carbocycles. The molecule has 3 N–H and O–H groups in total. The van der Waals surface area contributed by atoms with Crippen molar-refractivity contribution in [1.82, 2.24) is 9.29 Å². The molecule has 106 valence electrons. The van der Waals surface area contributed by atoms with Crippen molar-refractivity contribution < 1.29 is 13.5 Å². The maximum atomic E-state index is 12.5. The molecule has 0 radical (unpaired) electrons. The van der Waals surface area contributed by atoms with Gasteiger partial charge in [0.15, 0.2) is 0 Å². The average Bonchev–Trinajstić information content (AvgIpc) is 2.37. The highest BCUT2D eigenvalue weighted by Gasteiger charge is 2.35. The van der Waals surface area contributed by atoms with E-state index in [0.29, 0.717) is 0 Å². The smallest absolute Gasteiger partial charge is 0.245 e. The summed E-state index contributed by atoms with van der Waals surface area (Å²) in [5, 5.41) is 9.28. The summed E-state index contributed by atoms with van der Waals surface area (Å²) in [4.78, 5) is 3.75. The highest BCUT2D eigenvalue weighted by atomic mass is 32.2. The monoisotopic (exact) mass is 303 g/mol. The zero-order valence-corrected chi connectivity index (χ0v) is 12.6. The molecule has 0 bridgehead atoms. The lowest BCUT2D eigenvalue weighted by molar-refractivity contribution is 0.138. The van der Waals surface area contributed by atoms with Crippen molar-refractivity contribution in [1.29, 1.82) is 0 Å². The van der Waals surface area contributed by atoms with Crippen LogP contribution in [0.1, 0.15) is 19.5 Å². The quantitative estimate of drug-likeness (QED) is 0.749. The normalized spacial score (nSPS) is 12.7. The lowest BCUT2D eigenvalue weighted by Gasteiger charge is -2.33. The predicted molar refractivity (Wildman–Crippen MR) is 76.2 cm³/mol. The van der Waals surface area contributed by atoms with Gasteiger partial charge >= 0.3 is 0 Å². The number of rotatable bonds is 5. The predicted octanol–water partition coefficient (Wildman–Crippen LogP) is 0.107. The number of likely N-dealkylation sites (N-methyl/N-ethyl adjacent to an activating group) is 1. The Morgan fingerprint density at radius 3 is 2.63 bits per heavy atom. The number of hydrogen-bond acceptors (Lipinski definition) is 5. The maximum Gasteiger partial charge on any atom is 0.245 e. The van der Waals surface area contributed by atoms with E-state index in [-0.39, 0.29) is 22.2 Å². The van der Waals surface area contributed by atoms with Crippen LogP contribution in [0, 0.1) is 0 Å². The molecule has 0 aliphatic heterocycles. The summed E-state index contributed by atoms with van der Waals surface area (Å²) in [7, 11) is -2.45. The zero-order valence-electron chi connectivity index (χ0n) is 11.0. The molecule has 1 heterocycles. The molecule has 1 aromatic rings. The molecule has 0 atom stereocenters. The van der Waals surface area contributed by atoms with Crippen molar-refractivity contribution in [3.05, 3.63) is 24.0 Å². The molecule has 0 spiro atoms. The molecule has 6 nitrogen and oxygen atoms in total. The van der Waals surface area contributed by atoms with Crippen molar-refractivity contribution in [2.75, 3.05) is 13.7 Å². The number of thiocarbonyl (C=S) groups is 1. The van der Waals surface area contributed by atoms with Crippen LogP contribution in [0.4, 0.5) is 0 Å². The first-order chi connectivity index (χ1) is 8.64. The highest BCUT2D eigenvalue weighted by Crippen LogP contribution is 2.24. The topological polar surface area (TPSA) is 96.5 Å². The van der Waals surface area contributed by atoms with E-state index < -0.39 is 15.6 Å². The molecule has 0 aliphatic rings. The third-order valence-corrected chi connectivity index (χ3v) is 5.18. The SMILES string of the molecule is CN(C(C)(C)CO)S(=O)(=O)c1cccnc1C(N)=S. The number of sulfonamides is 1. The van der Waals surface area contributed by atoms with Crippen LogP contribution in [-0.2, 0) is 10.0 Å². The lowest BCUT2D eigenvalue weighted by atomic mass is 10.1. The summed E-state index contributed by atoms with van der Waals surface area (Å²) in [6.45, 7) is 2.91. The second kappa shape index (κ2) is 5.49. The van der Waals surface area contributed by atoms with Crippen molar-refractivity contribution >= 4 is 27.2 Å². The Balaban J connectivity index is 3.41. The van der Waals surface area contributed by atoms with Crippen LogP contribution in [0.3, 0.4) is 0 Å². The first kappa shape index (κ1) is 16.0. The van der Waals surface area contributed by atoms with Crippen LogP contribution < -0.4 is 5.73 Å². The van der Waals surface area contributed by atoms with Crippen molar-refractivity contribution in [2.45, 2.75) is 24.3 Å². The summed E-state index contributed by atoms with van der Waals surface area (Å²) in [5.74, 6) is 0. The van der Waals surface area contributed by atoms with E-state index in [0.717, 1.165) is 4.31 Å². The molecule has 0 aliphatic carbocycles. The van der Waals surface area contributed by atoms with E-state index in [1.807, 2.05) is 0 Å². The molecule has 0 amide bonds. The number of aromatic nitrogens is 1. The minimum atomic E-state index is -3.84. The van der Waals surface area contributed by atoms with Crippen LogP contribution >= 0.6 is 12.2 Å². The minimum Gasteiger partial charge on any atom is -0.394 e. The zero-order chi connectivity index (χ0) is 14.8. The van der Waals surface area contributed by atoms with Gasteiger partial charge in [-0.05, 0) is 26.0 Å². The largest absolute Gasteiger partial charge is 0.394 e. The van der Waals surface area contributed by atoms with E-state index in [9.17, 15) is 13.5 Å². The Morgan fingerprint density at radius 2 is 2.16 bits per heavy atom. The van der Waals surface area contributed by atoms with Gasteiger partial charge in [-0.25, -0.2) is 8.42 Å². The molecule has 8 heteroatoms. The fourth-order valence-corrected chi connectivity index (χ4v) is 3.24. The van der Waals surface area contributed by atoms with Gasteiger partial charge in [-0.15, -0.1) is 0 Å². The van der Waals surface area contributed by atoms with Gasteiger partial charge in [-0.1, -0.05) is 12.2 Å². The molecular weight excluding hydrogens is 286 g/mol. The first-order valence-corrected chi connectivity index (χ1v) is 7.34. The number of nitrogens with two attached hydrogens (primary N) is 1. The fraction of sp³-hybridized carbons (Fsp3) is 0.455. The number of hydrogen-bond donors (Lipinski definition) is 2. The Morgan fingerprint density at radius 1 is 1.58 bits per heavy atom. The molecule has 0 saturated heterocycles. The summed E-state index contributed by atoms with van der Waals surface area (Å²) >= 11 is 4.81. The molecule has 0 fully saturated rings. The van der Waals surface area contributed by atoms with Crippen molar-refractivity contribution in [3.63, 3.8) is 0 Å². The second-order valence-electron chi connectivity index (χ2n) is 4.66. The summed E-state index contributed by atoms with van der Waals surface area (Å²) in [5.41, 5.74) is 4.60. The van der Waals surface area contributed by atoms with E-state index in [4.69, 9.17) is 18.0 Å². The van der Waals surface area contributed by atoms with Gasteiger partial charge in [-0.3, -0.25) is 4.98 Å². The Bertz CT molecular complexity index is 585. The van der Waals surface area contributed by atoms with Gasteiger partial charge in [-0.2, -0.15) is 4.31 Å². The van der Waals surface area contributed by atoms with Crippen LogP contribution in [-0.4, -0.2) is 47.0 Å². The number of aliphatic hydroxyl groups excluding tert-OH is 1. The van der Waals surface area contributed by atoms with Crippen LogP contribution in [0.25, 0.3) is 0 Å². The van der Waals surface area contributed by atoms with E-state index in [1.165, 1.54) is 25.4 Å². The van der Waals surface area contributed by atoms with E-state index >= 15 is 0 Å². The molecule has 0 saturated carbocycles. The number of nitrogens with zero attached hydrogens (tertiary/aromatic N) is 2. The van der Waals surface area contributed by atoms with Gasteiger partial charge in [0.25, 0.3) is 0 Å². The minimum absolute atomic E-state index is 0.0538. The van der Waals surface area contributed by atoms with Crippen molar-refractivity contribution in [3.8, 4) is 0 Å². The molecule has 19 heavy (non-hydrogen) atoms. The maximum absolute atomic E-state index is 12.5. The summed E-state index contributed by atoms with van der Waals surface area (Å²) < 4.78 is 26.1. The van der Waals surface area contributed by atoms with Gasteiger partial charge in [0.05, 0.1) is 12.1 Å². The van der Waals surface area contributed by atoms with Gasteiger partial charge in [0.2, 0.25) is 10.0 Å².